The zero-order chi connectivity index (χ0) is 19.6. The topological polar surface area (TPSA) is 59.0 Å². The summed E-state index contributed by atoms with van der Waals surface area (Å²) in [5.41, 5.74) is 0.255. The molecule has 1 amide bonds. The number of hydrogen-bond acceptors (Lipinski definition) is 4. The molecule has 3 rings (SSSR count). The molecule has 0 radical (unpaired) electrons. The predicted octanol–water partition coefficient (Wildman–Crippen LogP) is 3.74. The van der Waals surface area contributed by atoms with E-state index in [0.29, 0.717) is 16.8 Å². The zero-order valence-electron chi connectivity index (χ0n) is 13.7. The Hall–Kier alpha value is -2.87. The number of fused-ring (bicyclic) bond motifs is 1. The van der Waals surface area contributed by atoms with Gasteiger partial charge in [0.15, 0.2) is 5.71 Å². The minimum atomic E-state index is -4.48. The summed E-state index contributed by atoms with van der Waals surface area (Å²) >= 11 is 5.33. The lowest BCUT2D eigenvalue weighted by Gasteiger charge is -2.17. The monoisotopic (exact) mass is 396 g/mol. The number of anilines is 1. The minimum Gasteiger partial charge on any atom is -0.316 e. The summed E-state index contributed by atoms with van der Waals surface area (Å²) in [5, 5.41) is 3.58. The highest BCUT2D eigenvalue weighted by Crippen LogP contribution is 2.33. The van der Waals surface area contributed by atoms with E-state index in [-0.39, 0.29) is 12.3 Å². The van der Waals surface area contributed by atoms with Crippen molar-refractivity contribution in [3.63, 3.8) is 0 Å². The van der Waals surface area contributed by atoms with E-state index < -0.39 is 29.5 Å². The first-order chi connectivity index (χ1) is 12.8. The van der Waals surface area contributed by atoms with Gasteiger partial charge in [-0.15, -0.1) is 11.6 Å². The highest BCUT2D eigenvalue weighted by Gasteiger charge is 2.35. The first-order valence-corrected chi connectivity index (χ1v) is 8.26. The molecule has 0 saturated heterocycles. The van der Waals surface area contributed by atoms with Crippen molar-refractivity contribution in [1.82, 2.24) is 0 Å². The van der Waals surface area contributed by atoms with Crippen LogP contribution in [0.3, 0.4) is 0 Å². The summed E-state index contributed by atoms with van der Waals surface area (Å²) in [5.74, 6) is -1.85. The van der Waals surface area contributed by atoms with Crippen LogP contribution >= 0.6 is 11.6 Å². The Morgan fingerprint density at radius 2 is 1.89 bits per heavy atom. The fraction of sp³-hybridized carbons (Fsp3) is 0.167. The number of para-hydroxylation sites is 1. The second-order valence-electron chi connectivity index (χ2n) is 5.64. The zero-order valence-corrected chi connectivity index (χ0v) is 14.4. The van der Waals surface area contributed by atoms with E-state index in [4.69, 9.17) is 11.6 Å². The van der Waals surface area contributed by atoms with Crippen molar-refractivity contribution in [1.29, 1.82) is 0 Å². The molecule has 5 nitrogen and oxygen atoms in total. The van der Waals surface area contributed by atoms with Gasteiger partial charge in [-0.1, -0.05) is 35.5 Å². The van der Waals surface area contributed by atoms with Crippen LogP contribution < -0.4 is 4.90 Å². The van der Waals surface area contributed by atoms with Crippen LogP contribution in [0.25, 0.3) is 0 Å². The molecule has 9 heteroatoms. The number of hydrogen-bond donors (Lipinski definition) is 0. The SMILES string of the molecule is O=C(CCl)ON=C1C(=O)N(Cc2cccc(C(F)(F)F)c2)c2ccccc21. The molecule has 0 bridgehead atoms. The van der Waals surface area contributed by atoms with Gasteiger partial charge in [-0.3, -0.25) is 4.79 Å². The molecule has 0 atom stereocenters. The molecule has 140 valence electrons. The van der Waals surface area contributed by atoms with Crippen molar-refractivity contribution in [2.75, 3.05) is 10.8 Å². The van der Waals surface area contributed by atoms with Crippen LogP contribution in [0.1, 0.15) is 16.7 Å². The summed E-state index contributed by atoms with van der Waals surface area (Å²) in [4.78, 5) is 29.8. The smallest absolute Gasteiger partial charge is 0.316 e. The van der Waals surface area contributed by atoms with Crippen molar-refractivity contribution in [3.8, 4) is 0 Å². The maximum atomic E-state index is 12.9. The van der Waals surface area contributed by atoms with Gasteiger partial charge in [-0.05, 0) is 23.8 Å². The lowest BCUT2D eigenvalue weighted by Crippen LogP contribution is -2.30. The van der Waals surface area contributed by atoms with E-state index >= 15 is 0 Å². The largest absolute Gasteiger partial charge is 0.416 e. The van der Waals surface area contributed by atoms with Crippen LogP contribution in [-0.2, 0) is 27.1 Å². The fourth-order valence-corrected chi connectivity index (χ4v) is 2.71. The highest BCUT2D eigenvalue weighted by molar-refractivity contribution is 6.54. The summed E-state index contributed by atoms with van der Waals surface area (Å²) in [6.07, 6.45) is -4.48. The van der Waals surface area contributed by atoms with Crippen molar-refractivity contribution in [3.05, 3.63) is 65.2 Å². The van der Waals surface area contributed by atoms with Crippen molar-refractivity contribution in [2.24, 2.45) is 5.16 Å². The first-order valence-electron chi connectivity index (χ1n) is 7.72. The molecule has 1 aliphatic heterocycles. The summed E-state index contributed by atoms with van der Waals surface area (Å²) in [6, 6.07) is 11.3. The molecule has 0 fully saturated rings. The van der Waals surface area contributed by atoms with Gasteiger partial charge in [0.25, 0.3) is 5.91 Å². The van der Waals surface area contributed by atoms with Crippen LogP contribution in [0, 0.1) is 0 Å². The number of carbonyl (C=O) groups excluding carboxylic acids is 2. The number of amides is 1. The molecule has 1 heterocycles. The molecular formula is C18H12ClF3N2O3. The van der Waals surface area contributed by atoms with Crippen molar-refractivity contribution in [2.45, 2.75) is 12.7 Å². The van der Waals surface area contributed by atoms with Gasteiger partial charge in [0.2, 0.25) is 0 Å². The predicted molar refractivity (Wildman–Crippen MR) is 92.4 cm³/mol. The van der Waals surface area contributed by atoms with Gasteiger partial charge < -0.3 is 9.74 Å². The Bertz CT molecular complexity index is 928. The number of carbonyl (C=O) groups is 2. The quantitative estimate of drug-likeness (QED) is 0.449. The van der Waals surface area contributed by atoms with Gasteiger partial charge in [0.05, 0.1) is 17.8 Å². The van der Waals surface area contributed by atoms with Gasteiger partial charge in [0.1, 0.15) is 5.88 Å². The van der Waals surface area contributed by atoms with Crippen LogP contribution in [0.15, 0.2) is 53.7 Å². The summed E-state index contributed by atoms with van der Waals surface area (Å²) in [7, 11) is 0. The second-order valence-corrected chi connectivity index (χ2v) is 5.91. The molecule has 2 aromatic rings. The molecule has 0 saturated carbocycles. The van der Waals surface area contributed by atoms with Crippen LogP contribution in [-0.4, -0.2) is 23.5 Å². The summed E-state index contributed by atoms with van der Waals surface area (Å²) < 4.78 is 38.7. The Labute approximate surface area is 157 Å². The molecule has 0 spiro atoms. The van der Waals surface area contributed by atoms with Gasteiger partial charge in [-0.25, -0.2) is 4.79 Å². The Morgan fingerprint density at radius 3 is 2.59 bits per heavy atom. The maximum absolute atomic E-state index is 12.9. The molecular weight excluding hydrogens is 385 g/mol. The minimum absolute atomic E-state index is 0.0950. The molecule has 0 N–H and O–H groups in total. The first kappa shape index (κ1) is 18.9. The lowest BCUT2D eigenvalue weighted by atomic mass is 10.1. The summed E-state index contributed by atoms with van der Waals surface area (Å²) in [6.45, 7) is -0.0950. The average Bonchev–Trinajstić information content (AvgIpc) is 2.91. The van der Waals surface area contributed by atoms with Crippen LogP contribution in [0.4, 0.5) is 18.9 Å². The molecule has 2 aromatic carbocycles. The molecule has 0 aliphatic carbocycles. The van der Waals surface area contributed by atoms with Crippen LogP contribution in [0.5, 0.6) is 0 Å². The Morgan fingerprint density at radius 1 is 1.15 bits per heavy atom. The van der Waals surface area contributed by atoms with E-state index in [0.717, 1.165) is 12.1 Å². The fourth-order valence-electron chi connectivity index (χ4n) is 2.66. The average molecular weight is 397 g/mol. The lowest BCUT2D eigenvalue weighted by molar-refractivity contribution is -0.140. The van der Waals surface area contributed by atoms with Crippen molar-refractivity contribution >= 4 is 34.9 Å². The Kier molecular flexibility index (Phi) is 5.18. The number of alkyl halides is 4. The standard InChI is InChI=1S/C18H12ClF3N2O3/c19-9-15(25)27-23-16-13-6-1-2-7-14(13)24(17(16)26)10-11-4-3-5-12(8-11)18(20,21)22/h1-8H,9-10H2. The number of oxime groups is 1. The molecule has 0 unspecified atom stereocenters. The van der Waals surface area contributed by atoms with E-state index in [1.54, 1.807) is 24.3 Å². The van der Waals surface area contributed by atoms with Gasteiger partial charge in [-0.2, -0.15) is 13.2 Å². The third-order valence-corrected chi connectivity index (χ3v) is 4.06. The Balaban J connectivity index is 1.93. The number of benzene rings is 2. The van der Waals surface area contributed by atoms with E-state index in [1.807, 2.05) is 0 Å². The second kappa shape index (κ2) is 7.40. The molecule has 27 heavy (non-hydrogen) atoms. The van der Waals surface area contributed by atoms with Crippen LogP contribution in [0.2, 0.25) is 0 Å². The van der Waals surface area contributed by atoms with E-state index in [2.05, 4.69) is 9.99 Å². The normalized spacial score (nSPS) is 15.2. The highest BCUT2D eigenvalue weighted by atomic mass is 35.5. The number of rotatable bonds is 4. The third kappa shape index (κ3) is 3.95. The van der Waals surface area contributed by atoms with Crippen molar-refractivity contribution < 1.29 is 27.6 Å². The van der Waals surface area contributed by atoms with E-state index in [1.165, 1.54) is 17.0 Å². The van der Waals surface area contributed by atoms with E-state index in [9.17, 15) is 22.8 Å². The van der Waals surface area contributed by atoms with Gasteiger partial charge >= 0.3 is 12.1 Å². The number of nitrogens with zero attached hydrogens (tertiary/aromatic N) is 2. The van der Waals surface area contributed by atoms with Gasteiger partial charge in [0, 0.05) is 5.56 Å². The number of halogens is 4. The molecule has 0 aromatic heterocycles. The third-order valence-electron chi connectivity index (χ3n) is 3.84. The molecule has 1 aliphatic rings. The maximum Gasteiger partial charge on any atom is 0.416 e.